The van der Waals surface area contributed by atoms with Crippen molar-refractivity contribution in [2.45, 2.75) is 12.3 Å². The average molecular weight is 354 g/mol. The number of hydrogen-bond acceptors (Lipinski definition) is 1. The van der Waals surface area contributed by atoms with Crippen LogP contribution in [-0.4, -0.2) is 0 Å². The number of aryl methyl sites for hydroxylation is 1. The van der Waals surface area contributed by atoms with Crippen LogP contribution >= 0.6 is 50.5 Å². The summed E-state index contributed by atoms with van der Waals surface area (Å²) in [5.41, 5.74) is 1.28. The number of hydrogen-bond donors (Lipinski definition) is 0. The summed E-state index contributed by atoms with van der Waals surface area (Å²) < 4.78 is 14.3. The molecule has 0 nitrogen and oxygen atoms in total. The second-order valence-corrected chi connectivity index (χ2v) is 6.97. The van der Waals surface area contributed by atoms with Crippen LogP contribution in [0, 0.1) is 12.7 Å². The minimum Gasteiger partial charge on any atom is -0.207 e. The molecule has 1 unspecified atom stereocenters. The highest BCUT2D eigenvalue weighted by atomic mass is 79.9. The molecule has 5 heteroatoms. The highest BCUT2D eigenvalue weighted by molar-refractivity contribution is 9.11. The van der Waals surface area contributed by atoms with Gasteiger partial charge in [-0.15, -0.1) is 22.9 Å². The molecule has 0 radical (unpaired) electrons. The molecule has 0 bridgehead atoms. The fourth-order valence-electron chi connectivity index (χ4n) is 1.49. The third-order valence-electron chi connectivity index (χ3n) is 2.39. The lowest BCUT2D eigenvalue weighted by Crippen LogP contribution is -1.94. The minimum atomic E-state index is -0.349. The third-order valence-corrected chi connectivity index (χ3v) is 5.01. The van der Waals surface area contributed by atoms with Gasteiger partial charge in [0.2, 0.25) is 0 Å². The second-order valence-electron chi connectivity index (χ2n) is 3.63. The summed E-state index contributed by atoms with van der Waals surface area (Å²) in [6, 6.07) is 6.87. The topological polar surface area (TPSA) is 0 Å². The van der Waals surface area contributed by atoms with Crippen LogP contribution in [0.5, 0.6) is 0 Å². The Kier molecular flexibility index (Phi) is 4.14. The van der Waals surface area contributed by atoms with Crippen molar-refractivity contribution in [1.82, 2.24) is 0 Å². The average Bonchev–Trinajstić information content (AvgIpc) is 2.69. The van der Waals surface area contributed by atoms with E-state index in [1.54, 1.807) is 24.3 Å². The van der Waals surface area contributed by atoms with E-state index < -0.39 is 0 Å². The summed E-state index contributed by atoms with van der Waals surface area (Å²) in [5, 5.41) is 0.00993. The Morgan fingerprint density at radius 1 is 1.35 bits per heavy atom. The van der Waals surface area contributed by atoms with E-state index in [9.17, 15) is 4.39 Å². The first-order valence-electron chi connectivity index (χ1n) is 4.84. The van der Waals surface area contributed by atoms with Crippen LogP contribution in [0.25, 0.3) is 0 Å². The molecule has 1 aromatic heterocycles. The summed E-state index contributed by atoms with van der Waals surface area (Å²) in [4.78, 5) is 0.978. The maximum absolute atomic E-state index is 13.3. The van der Waals surface area contributed by atoms with Crippen molar-refractivity contribution in [3.05, 3.63) is 54.9 Å². The first kappa shape index (κ1) is 13.3. The summed E-state index contributed by atoms with van der Waals surface area (Å²) in [6.45, 7) is 1.70. The number of benzene rings is 1. The minimum absolute atomic E-state index is 0.310. The molecule has 0 spiro atoms. The number of halogens is 4. The van der Waals surface area contributed by atoms with Gasteiger partial charge < -0.3 is 0 Å². The van der Waals surface area contributed by atoms with E-state index in [0.29, 0.717) is 10.6 Å². The molecule has 2 rings (SSSR count). The molecule has 2 aromatic rings. The van der Waals surface area contributed by atoms with Crippen molar-refractivity contribution in [2.75, 3.05) is 0 Å². The van der Waals surface area contributed by atoms with Crippen LogP contribution < -0.4 is 0 Å². The SMILES string of the molecule is Cc1cc(C(Cl)c2ccc(Br)s2)c(Cl)cc1F. The molecule has 90 valence electrons. The number of alkyl halides is 1. The smallest absolute Gasteiger partial charge is 0.127 e. The van der Waals surface area contributed by atoms with E-state index in [1.807, 2.05) is 12.1 Å². The van der Waals surface area contributed by atoms with Gasteiger partial charge in [-0.05, 0) is 58.2 Å². The molecular formula is C12H8BrCl2FS. The maximum atomic E-state index is 13.3. The Bertz CT molecular complexity index is 553. The van der Waals surface area contributed by atoms with Crippen molar-refractivity contribution in [3.8, 4) is 0 Å². The zero-order chi connectivity index (χ0) is 12.6. The lowest BCUT2D eigenvalue weighted by atomic mass is 10.1. The lowest BCUT2D eigenvalue weighted by molar-refractivity contribution is 0.618. The zero-order valence-corrected chi connectivity index (χ0v) is 12.7. The van der Waals surface area contributed by atoms with Gasteiger partial charge in [-0.1, -0.05) is 11.6 Å². The fraction of sp³-hybridized carbons (Fsp3) is 0.167. The van der Waals surface area contributed by atoms with E-state index in [-0.39, 0.29) is 11.2 Å². The quantitative estimate of drug-likeness (QED) is 0.586. The molecule has 0 aliphatic rings. The molecule has 0 fully saturated rings. The molecule has 17 heavy (non-hydrogen) atoms. The van der Waals surface area contributed by atoms with Crippen LogP contribution in [-0.2, 0) is 0 Å². The van der Waals surface area contributed by atoms with E-state index in [2.05, 4.69) is 15.9 Å². The van der Waals surface area contributed by atoms with Crippen molar-refractivity contribution in [1.29, 1.82) is 0 Å². The van der Waals surface area contributed by atoms with Gasteiger partial charge in [0, 0.05) is 9.90 Å². The molecule has 0 amide bonds. The first-order chi connectivity index (χ1) is 7.99. The number of rotatable bonds is 2. The first-order valence-corrected chi connectivity index (χ1v) is 7.26. The van der Waals surface area contributed by atoms with Crippen LogP contribution in [0.15, 0.2) is 28.1 Å². The lowest BCUT2D eigenvalue weighted by Gasteiger charge is -2.11. The third kappa shape index (κ3) is 2.84. The number of thiophene rings is 1. The van der Waals surface area contributed by atoms with Gasteiger partial charge in [-0.25, -0.2) is 4.39 Å². The molecule has 0 aliphatic heterocycles. The van der Waals surface area contributed by atoms with Crippen molar-refractivity contribution < 1.29 is 4.39 Å². The highest BCUT2D eigenvalue weighted by Crippen LogP contribution is 2.39. The van der Waals surface area contributed by atoms with Gasteiger partial charge in [0.05, 0.1) is 9.16 Å². The van der Waals surface area contributed by atoms with E-state index in [0.717, 1.165) is 14.2 Å². The van der Waals surface area contributed by atoms with Crippen LogP contribution in [0.3, 0.4) is 0 Å². The van der Waals surface area contributed by atoms with Crippen molar-refractivity contribution in [3.63, 3.8) is 0 Å². The summed E-state index contributed by atoms with van der Waals surface area (Å²) in [6.07, 6.45) is 0. The predicted octanol–water partition coefficient (Wildman–Crippen LogP) is 5.94. The van der Waals surface area contributed by atoms with Crippen LogP contribution in [0.1, 0.15) is 21.4 Å². The molecule has 1 atom stereocenters. The Morgan fingerprint density at radius 3 is 2.65 bits per heavy atom. The van der Waals surface area contributed by atoms with Crippen LogP contribution in [0.2, 0.25) is 5.02 Å². The Labute approximate surface area is 121 Å². The van der Waals surface area contributed by atoms with Gasteiger partial charge in [0.15, 0.2) is 0 Å². The van der Waals surface area contributed by atoms with Gasteiger partial charge in [0.25, 0.3) is 0 Å². The zero-order valence-electron chi connectivity index (χ0n) is 8.81. The van der Waals surface area contributed by atoms with Crippen molar-refractivity contribution in [2.24, 2.45) is 0 Å². The van der Waals surface area contributed by atoms with Crippen LogP contribution in [0.4, 0.5) is 4.39 Å². The Morgan fingerprint density at radius 2 is 2.06 bits per heavy atom. The van der Waals surface area contributed by atoms with Gasteiger partial charge in [-0.3, -0.25) is 0 Å². The van der Waals surface area contributed by atoms with E-state index in [1.165, 1.54) is 6.07 Å². The highest BCUT2D eigenvalue weighted by Gasteiger charge is 2.17. The summed E-state index contributed by atoms with van der Waals surface area (Å²) in [5.74, 6) is -0.310. The van der Waals surface area contributed by atoms with E-state index in [4.69, 9.17) is 23.2 Å². The van der Waals surface area contributed by atoms with Crippen molar-refractivity contribution >= 4 is 50.5 Å². The van der Waals surface area contributed by atoms with Gasteiger partial charge >= 0.3 is 0 Å². The molecule has 1 aromatic carbocycles. The maximum Gasteiger partial charge on any atom is 0.127 e. The Balaban J connectivity index is 2.43. The molecule has 0 saturated heterocycles. The molecule has 0 aliphatic carbocycles. The van der Waals surface area contributed by atoms with Gasteiger partial charge in [0.1, 0.15) is 5.82 Å². The molecule has 0 saturated carbocycles. The molecule has 1 heterocycles. The van der Waals surface area contributed by atoms with Gasteiger partial charge in [-0.2, -0.15) is 0 Å². The monoisotopic (exact) mass is 352 g/mol. The predicted molar refractivity (Wildman–Crippen MR) is 75.9 cm³/mol. The molecular weight excluding hydrogens is 346 g/mol. The largest absolute Gasteiger partial charge is 0.207 e. The fourth-order valence-corrected chi connectivity index (χ4v) is 3.61. The van der Waals surface area contributed by atoms with E-state index >= 15 is 0 Å². The Hall–Kier alpha value is -0.0900. The normalized spacial score (nSPS) is 12.8. The standard InChI is InChI=1S/C12H8BrCl2FS/c1-6-4-7(8(14)5-9(6)16)12(15)10-2-3-11(13)17-10/h2-5,12H,1H3. The molecule has 0 N–H and O–H groups in total. The summed E-state index contributed by atoms with van der Waals surface area (Å²) in [7, 11) is 0. The summed E-state index contributed by atoms with van der Waals surface area (Å²) >= 11 is 17.3. The second kappa shape index (κ2) is 5.27.